The van der Waals surface area contributed by atoms with E-state index < -0.39 is 0 Å². The summed E-state index contributed by atoms with van der Waals surface area (Å²) in [5.74, 6) is 0.796. The van der Waals surface area contributed by atoms with Gasteiger partial charge < -0.3 is 20.4 Å². The van der Waals surface area contributed by atoms with Crippen LogP contribution in [0.4, 0.5) is 11.5 Å². The molecule has 2 aromatic rings. The number of nitrogens with one attached hydrogen (secondary N) is 1. The maximum Gasteiger partial charge on any atom is 0.295 e. The topological polar surface area (TPSA) is 84.2 Å². The summed E-state index contributed by atoms with van der Waals surface area (Å²) in [5, 5.41) is 0. The van der Waals surface area contributed by atoms with E-state index in [9.17, 15) is 4.79 Å². The number of nitrogens with zero attached hydrogens (tertiary/aromatic N) is 2. The Kier molecular flexibility index (Phi) is 2.63. The van der Waals surface area contributed by atoms with E-state index in [1.165, 1.54) is 19.0 Å². The van der Waals surface area contributed by atoms with Crippen LogP contribution in [-0.2, 0) is 13.1 Å². The smallest absolute Gasteiger partial charge is 0.295 e. The maximum absolute atomic E-state index is 11.7. The molecule has 0 fully saturated rings. The Labute approximate surface area is 109 Å². The van der Waals surface area contributed by atoms with E-state index >= 15 is 0 Å². The van der Waals surface area contributed by atoms with Crippen molar-refractivity contribution in [1.29, 1.82) is 0 Å². The van der Waals surface area contributed by atoms with Gasteiger partial charge in [-0.25, -0.2) is 4.98 Å². The van der Waals surface area contributed by atoms with Gasteiger partial charge in [0.2, 0.25) is 5.75 Å². The number of rotatable bonds is 2. The third-order valence-electron chi connectivity index (χ3n) is 3.25. The van der Waals surface area contributed by atoms with Gasteiger partial charge in [-0.3, -0.25) is 4.79 Å². The van der Waals surface area contributed by atoms with E-state index in [0.717, 1.165) is 11.3 Å². The second-order valence-electron chi connectivity index (χ2n) is 4.47. The first kappa shape index (κ1) is 11.6. The number of aromatic nitrogens is 2. The molecule has 1 aromatic carbocycles. The predicted octanol–water partition coefficient (Wildman–Crippen LogP) is 0.881. The Hall–Kier alpha value is -2.50. The lowest BCUT2D eigenvalue weighted by Crippen LogP contribution is -2.21. The number of methoxy groups -OCH3 is 1. The van der Waals surface area contributed by atoms with Gasteiger partial charge in [0, 0.05) is 18.8 Å². The van der Waals surface area contributed by atoms with E-state index in [0.29, 0.717) is 18.9 Å². The summed E-state index contributed by atoms with van der Waals surface area (Å²) in [7, 11) is 1.47. The molecule has 0 unspecified atom stereocenters. The zero-order valence-corrected chi connectivity index (χ0v) is 10.5. The molecule has 1 aromatic heterocycles. The minimum absolute atomic E-state index is 0.239. The van der Waals surface area contributed by atoms with E-state index in [1.54, 1.807) is 0 Å². The van der Waals surface area contributed by atoms with Crippen LogP contribution in [0.3, 0.4) is 0 Å². The van der Waals surface area contributed by atoms with Crippen LogP contribution in [0, 0.1) is 0 Å². The molecule has 0 saturated carbocycles. The molecule has 6 heteroatoms. The molecule has 0 atom stereocenters. The SMILES string of the molecule is COc1c(N2Cc3ccc(N)cc3C2)nc[nH]c1=O. The third-order valence-corrected chi connectivity index (χ3v) is 3.25. The normalized spacial score (nSPS) is 13.4. The van der Waals surface area contributed by atoms with Crippen molar-refractivity contribution in [2.75, 3.05) is 17.7 Å². The van der Waals surface area contributed by atoms with Crippen molar-refractivity contribution < 1.29 is 4.74 Å². The van der Waals surface area contributed by atoms with Crippen LogP contribution in [0.25, 0.3) is 0 Å². The highest BCUT2D eigenvalue weighted by molar-refractivity contribution is 5.57. The average molecular weight is 258 g/mol. The van der Waals surface area contributed by atoms with Crippen molar-refractivity contribution in [3.8, 4) is 5.75 Å². The molecule has 1 aliphatic heterocycles. The van der Waals surface area contributed by atoms with Crippen molar-refractivity contribution in [2.45, 2.75) is 13.1 Å². The molecule has 6 nitrogen and oxygen atoms in total. The van der Waals surface area contributed by atoms with Crippen molar-refractivity contribution in [3.05, 3.63) is 46.0 Å². The largest absolute Gasteiger partial charge is 0.489 e. The van der Waals surface area contributed by atoms with Gasteiger partial charge in [0.25, 0.3) is 5.56 Å². The number of anilines is 2. The zero-order chi connectivity index (χ0) is 13.4. The third kappa shape index (κ3) is 1.91. The number of benzene rings is 1. The quantitative estimate of drug-likeness (QED) is 0.781. The van der Waals surface area contributed by atoms with Gasteiger partial charge >= 0.3 is 0 Å². The van der Waals surface area contributed by atoms with Crippen LogP contribution in [0.2, 0.25) is 0 Å². The molecule has 2 heterocycles. The molecule has 3 N–H and O–H groups in total. The fourth-order valence-electron chi connectivity index (χ4n) is 2.35. The Morgan fingerprint density at radius 3 is 2.95 bits per heavy atom. The average Bonchev–Trinajstić information content (AvgIpc) is 2.81. The lowest BCUT2D eigenvalue weighted by Gasteiger charge is -2.17. The van der Waals surface area contributed by atoms with Crippen LogP contribution in [0.5, 0.6) is 5.75 Å². The molecule has 0 bridgehead atoms. The molecular formula is C13H14N4O2. The first-order chi connectivity index (χ1) is 9.19. The molecule has 0 radical (unpaired) electrons. The maximum atomic E-state index is 11.7. The highest BCUT2D eigenvalue weighted by Crippen LogP contribution is 2.31. The lowest BCUT2D eigenvalue weighted by molar-refractivity contribution is 0.405. The van der Waals surface area contributed by atoms with Gasteiger partial charge in [-0.1, -0.05) is 6.07 Å². The van der Waals surface area contributed by atoms with E-state index in [1.807, 2.05) is 23.1 Å². The van der Waals surface area contributed by atoms with Crippen LogP contribution < -0.4 is 20.9 Å². The molecule has 19 heavy (non-hydrogen) atoms. The number of H-pyrrole nitrogens is 1. The highest BCUT2D eigenvalue weighted by atomic mass is 16.5. The van der Waals surface area contributed by atoms with Crippen LogP contribution in [0.15, 0.2) is 29.3 Å². The van der Waals surface area contributed by atoms with Gasteiger partial charge in [0.15, 0.2) is 5.82 Å². The molecule has 0 spiro atoms. The van der Waals surface area contributed by atoms with Gasteiger partial charge in [-0.2, -0.15) is 0 Å². The summed E-state index contributed by atoms with van der Waals surface area (Å²) in [6.07, 6.45) is 1.39. The molecule has 0 amide bonds. The van der Waals surface area contributed by atoms with Crippen molar-refractivity contribution in [1.82, 2.24) is 9.97 Å². The fourth-order valence-corrected chi connectivity index (χ4v) is 2.35. The fraction of sp³-hybridized carbons (Fsp3) is 0.231. The number of aromatic amines is 1. The Morgan fingerprint density at radius 1 is 1.37 bits per heavy atom. The minimum atomic E-state index is -0.275. The second-order valence-corrected chi connectivity index (χ2v) is 4.47. The number of ether oxygens (including phenoxy) is 1. The second kappa shape index (κ2) is 4.31. The summed E-state index contributed by atoms with van der Waals surface area (Å²) >= 11 is 0. The van der Waals surface area contributed by atoms with Crippen molar-refractivity contribution in [2.24, 2.45) is 0 Å². The van der Waals surface area contributed by atoms with Gasteiger partial charge in [-0.05, 0) is 23.3 Å². The minimum Gasteiger partial charge on any atom is -0.489 e. The molecular weight excluding hydrogens is 244 g/mol. The summed E-state index contributed by atoms with van der Waals surface area (Å²) in [4.78, 5) is 20.4. The number of fused-ring (bicyclic) bond motifs is 1. The monoisotopic (exact) mass is 258 g/mol. The zero-order valence-electron chi connectivity index (χ0n) is 10.5. The van der Waals surface area contributed by atoms with Crippen LogP contribution >= 0.6 is 0 Å². The summed E-state index contributed by atoms with van der Waals surface area (Å²) in [6.45, 7) is 1.37. The first-order valence-corrected chi connectivity index (χ1v) is 5.93. The molecule has 1 aliphatic rings. The molecule has 3 rings (SSSR count). The van der Waals surface area contributed by atoms with Gasteiger partial charge in [0.1, 0.15) is 0 Å². The van der Waals surface area contributed by atoms with Crippen molar-refractivity contribution in [3.63, 3.8) is 0 Å². The number of nitrogens with two attached hydrogens (primary N) is 1. The van der Waals surface area contributed by atoms with E-state index in [4.69, 9.17) is 10.5 Å². The van der Waals surface area contributed by atoms with Gasteiger partial charge in [0.05, 0.1) is 13.4 Å². The predicted molar refractivity (Wildman–Crippen MR) is 72.2 cm³/mol. The van der Waals surface area contributed by atoms with E-state index in [2.05, 4.69) is 9.97 Å². The number of hydrogen-bond acceptors (Lipinski definition) is 5. The van der Waals surface area contributed by atoms with Crippen LogP contribution in [0.1, 0.15) is 11.1 Å². The highest BCUT2D eigenvalue weighted by Gasteiger charge is 2.24. The molecule has 0 aliphatic carbocycles. The summed E-state index contributed by atoms with van der Waals surface area (Å²) in [5.41, 5.74) is 8.60. The Bertz CT molecular complexity index is 681. The number of hydrogen-bond donors (Lipinski definition) is 2. The molecule has 0 saturated heterocycles. The lowest BCUT2D eigenvalue weighted by atomic mass is 10.1. The van der Waals surface area contributed by atoms with E-state index in [-0.39, 0.29) is 11.3 Å². The van der Waals surface area contributed by atoms with Crippen LogP contribution in [-0.4, -0.2) is 17.1 Å². The Balaban J connectivity index is 1.99. The Morgan fingerprint density at radius 2 is 2.16 bits per heavy atom. The first-order valence-electron chi connectivity index (χ1n) is 5.93. The van der Waals surface area contributed by atoms with Crippen molar-refractivity contribution >= 4 is 11.5 Å². The molecule has 98 valence electrons. The number of nitrogen functional groups attached to an aromatic ring is 1. The standard InChI is InChI=1S/C13H14N4O2/c1-19-11-12(15-7-16-13(11)18)17-5-8-2-3-10(14)4-9(8)6-17/h2-4,7H,5-6,14H2,1H3,(H,15,16,18). The van der Waals surface area contributed by atoms with Gasteiger partial charge in [-0.15, -0.1) is 0 Å². The summed E-state index contributed by atoms with van der Waals surface area (Å²) in [6, 6.07) is 5.84. The summed E-state index contributed by atoms with van der Waals surface area (Å²) < 4.78 is 5.14.